The van der Waals surface area contributed by atoms with Gasteiger partial charge in [-0.05, 0) is 125 Å². The van der Waals surface area contributed by atoms with Crippen molar-refractivity contribution in [3.8, 4) is 22.3 Å². The van der Waals surface area contributed by atoms with E-state index in [0.717, 1.165) is 51.7 Å². The number of rotatable bonds is 15. The first-order valence-electron chi connectivity index (χ1n) is 17.8. The van der Waals surface area contributed by atoms with Gasteiger partial charge in [0.25, 0.3) is 0 Å². The van der Waals surface area contributed by atoms with Gasteiger partial charge in [0.2, 0.25) is 0 Å². The Hall–Kier alpha value is -3.67. The van der Waals surface area contributed by atoms with Crippen LogP contribution in [-0.2, 0) is 5.41 Å². The molecule has 0 saturated carbocycles. The van der Waals surface area contributed by atoms with Crippen LogP contribution in [0.5, 0.6) is 0 Å². The highest BCUT2D eigenvalue weighted by atomic mass is 79.9. The number of carboxylic acid groups (broad SMARTS) is 1. The molecule has 0 radical (unpaired) electrons. The Balaban J connectivity index is 1.41. The Morgan fingerprint density at radius 2 is 1.02 bits per heavy atom. The minimum absolute atomic E-state index is 0.187. The van der Waals surface area contributed by atoms with Crippen LogP contribution in [0, 0.1) is 0 Å². The first kappa shape index (κ1) is 35.2. The first-order valence-corrected chi connectivity index (χ1v) is 19.4. The summed E-state index contributed by atoms with van der Waals surface area (Å²) in [5, 5.41) is 10.0. The van der Waals surface area contributed by atoms with Gasteiger partial charge in [-0.1, -0.05) is 127 Å². The summed E-state index contributed by atoms with van der Waals surface area (Å²) >= 11 is 7.18. The smallest absolute Gasteiger partial charge is 0.335 e. The SMILES string of the molecule is CCCCCCC1(CCCCCC)c2cc(C(=O)O)ccc2-c2ccc(-c3ccc(N(c4ccc(Br)cc4)c4ccc(Br)cc4)cc3)cc21. The molecule has 3 nitrogen and oxygen atoms in total. The van der Waals surface area contributed by atoms with Crippen LogP contribution < -0.4 is 4.90 Å². The predicted octanol–water partition coefficient (Wildman–Crippen LogP) is 14.3. The molecule has 5 aromatic carbocycles. The number of anilines is 3. The third-order valence-electron chi connectivity index (χ3n) is 10.2. The average Bonchev–Trinajstić information content (AvgIpc) is 3.39. The number of hydrogen-bond donors (Lipinski definition) is 1. The van der Waals surface area contributed by atoms with Crippen LogP contribution in [-0.4, -0.2) is 11.1 Å². The van der Waals surface area contributed by atoms with E-state index in [2.05, 4.69) is 148 Å². The number of halogens is 2. The molecule has 252 valence electrons. The first-order chi connectivity index (χ1) is 23.8. The van der Waals surface area contributed by atoms with Crippen LogP contribution in [0.4, 0.5) is 17.1 Å². The molecule has 0 fully saturated rings. The van der Waals surface area contributed by atoms with Gasteiger partial charge in [0.1, 0.15) is 0 Å². The summed E-state index contributed by atoms with van der Waals surface area (Å²) < 4.78 is 2.10. The highest BCUT2D eigenvalue weighted by Crippen LogP contribution is 2.55. The van der Waals surface area contributed by atoms with E-state index >= 15 is 0 Å². The summed E-state index contributed by atoms with van der Waals surface area (Å²) in [4.78, 5) is 14.5. The Labute approximate surface area is 308 Å². The Kier molecular flexibility index (Phi) is 11.4. The molecular formula is C44H45Br2NO2. The summed E-state index contributed by atoms with van der Waals surface area (Å²) in [6.45, 7) is 4.52. The quantitative estimate of drug-likeness (QED) is 0.108. The zero-order valence-electron chi connectivity index (χ0n) is 28.5. The number of aromatic carboxylic acids is 1. The molecule has 0 aromatic heterocycles. The second-order valence-electron chi connectivity index (χ2n) is 13.4. The Morgan fingerprint density at radius 1 is 0.571 bits per heavy atom. The molecule has 0 unspecified atom stereocenters. The molecule has 0 heterocycles. The Morgan fingerprint density at radius 3 is 1.51 bits per heavy atom. The minimum atomic E-state index is -0.856. The fourth-order valence-corrected chi connectivity index (χ4v) is 8.14. The van der Waals surface area contributed by atoms with Crippen LogP contribution in [0.15, 0.2) is 118 Å². The van der Waals surface area contributed by atoms with E-state index in [9.17, 15) is 9.90 Å². The van der Waals surface area contributed by atoms with Crippen LogP contribution in [0.1, 0.15) is 99.5 Å². The van der Waals surface area contributed by atoms with Crippen molar-refractivity contribution < 1.29 is 9.90 Å². The van der Waals surface area contributed by atoms with E-state index < -0.39 is 5.97 Å². The van der Waals surface area contributed by atoms with Crippen molar-refractivity contribution in [2.45, 2.75) is 83.5 Å². The highest BCUT2D eigenvalue weighted by Gasteiger charge is 2.42. The molecule has 49 heavy (non-hydrogen) atoms. The predicted molar refractivity (Wildman–Crippen MR) is 213 cm³/mol. The van der Waals surface area contributed by atoms with E-state index in [0.29, 0.717) is 5.56 Å². The van der Waals surface area contributed by atoms with Gasteiger partial charge in [-0.15, -0.1) is 0 Å². The molecule has 0 amide bonds. The minimum Gasteiger partial charge on any atom is -0.478 e. The normalized spacial score (nSPS) is 12.8. The topological polar surface area (TPSA) is 40.5 Å². The molecule has 1 aliphatic rings. The average molecular weight is 780 g/mol. The van der Waals surface area contributed by atoms with Gasteiger partial charge in [-0.2, -0.15) is 0 Å². The summed E-state index contributed by atoms with van der Waals surface area (Å²) in [5.41, 5.74) is 10.9. The lowest BCUT2D eigenvalue weighted by Crippen LogP contribution is -2.26. The van der Waals surface area contributed by atoms with E-state index in [1.54, 1.807) is 6.07 Å². The number of carbonyl (C=O) groups is 1. The standard InChI is InChI=1S/C44H45Br2NO2/c1-3-5-7-9-27-44(28-10-8-6-4-2)41-29-32(13-25-39(41)40-26-14-33(43(48)49)30-42(40)44)31-11-19-36(20-12-31)47(37-21-15-34(45)16-22-37)38-23-17-35(46)18-24-38/h11-26,29-30H,3-10,27-28H2,1-2H3,(H,48,49). The van der Waals surface area contributed by atoms with Crippen molar-refractivity contribution in [1.29, 1.82) is 0 Å². The second kappa shape index (κ2) is 15.9. The van der Waals surface area contributed by atoms with E-state index in [4.69, 9.17) is 0 Å². The van der Waals surface area contributed by atoms with Gasteiger partial charge in [-0.3, -0.25) is 0 Å². The van der Waals surface area contributed by atoms with Gasteiger partial charge >= 0.3 is 5.97 Å². The molecule has 5 aromatic rings. The van der Waals surface area contributed by atoms with Crippen molar-refractivity contribution in [2.24, 2.45) is 0 Å². The summed E-state index contributed by atoms with van der Waals surface area (Å²) in [6, 6.07) is 38.5. The van der Waals surface area contributed by atoms with E-state index in [-0.39, 0.29) is 5.41 Å². The van der Waals surface area contributed by atoms with Gasteiger partial charge in [0, 0.05) is 31.4 Å². The van der Waals surface area contributed by atoms with E-state index in [1.165, 1.54) is 71.9 Å². The number of nitrogens with zero attached hydrogens (tertiary/aromatic N) is 1. The third-order valence-corrected chi connectivity index (χ3v) is 11.2. The van der Waals surface area contributed by atoms with Gasteiger partial charge in [-0.25, -0.2) is 4.79 Å². The van der Waals surface area contributed by atoms with Crippen molar-refractivity contribution in [2.75, 3.05) is 4.90 Å². The molecule has 0 atom stereocenters. The molecule has 6 rings (SSSR count). The van der Waals surface area contributed by atoms with Gasteiger partial charge in [0.05, 0.1) is 5.56 Å². The number of unbranched alkanes of at least 4 members (excludes halogenated alkanes) is 6. The van der Waals surface area contributed by atoms with Crippen LogP contribution >= 0.6 is 31.9 Å². The number of fused-ring (bicyclic) bond motifs is 3. The number of carboxylic acids is 1. The summed E-state index contributed by atoms with van der Waals surface area (Å²) in [5.74, 6) is -0.856. The van der Waals surface area contributed by atoms with Crippen LogP contribution in [0.2, 0.25) is 0 Å². The lowest BCUT2D eigenvalue weighted by atomic mass is 9.70. The fourth-order valence-electron chi connectivity index (χ4n) is 7.61. The van der Waals surface area contributed by atoms with Gasteiger partial charge in [0.15, 0.2) is 0 Å². The van der Waals surface area contributed by atoms with Crippen molar-refractivity contribution in [3.63, 3.8) is 0 Å². The van der Waals surface area contributed by atoms with Crippen molar-refractivity contribution in [1.82, 2.24) is 0 Å². The maximum atomic E-state index is 12.2. The highest BCUT2D eigenvalue weighted by molar-refractivity contribution is 9.10. The molecule has 0 aliphatic heterocycles. The molecule has 5 heteroatoms. The van der Waals surface area contributed by atoms with E-state index in [1.807, 2.05) is 6.07 Å². The fraction of sp³-hybridized carbons (Fsp3) is 0.295. The Bertz CT molecular complexity index is 1820. The lowest BCUT2D eigenvalue weighted by molar-refractivity contribution is 0.0696. The molecule has 1 aliphatic carbocycles. The molecular weight excluding hydrogens is 734 g/mol. The maximum Gasteiger partial charge on any atom is 0.335 e. The zero-order chi connectivity index (χ0) is 34.4. The summed E-state index contributed by atoms with van der Waals surface area (Å²) in [6.07, 6.45) is 11.6. The molecule has 0 spiro atoms. The van der Waals surface area contributed by atoms with Crippen LogP contribution in [0.3, 0.4) is 0 Å². The molecule has 1 N–H and O–H groups in total. The monoisotopic (exact) mass is 777 g/mol. The van der Waals surface area contributed by atoms with Crippen LogP contribution in [0.25, 0.3) is 22.3 Å². The molecule has 0 bridgehead atoms. The largest absolute Gasteiger partial charge is 0.478 e. The lowest BCUT2D eigenvalue weighted by Gasteiger charge is -2.33. The number of hydrogen-bond acceptors (Lipinski definition) is 2. The van der Waals surface area contributed by atoms with Crippen molar-refractivity contribution >= 4 is 54.9 Å². The third kappa shape index (κ3) is 7.59. The summed E-state index contributed by atoms with van der Waals surface area (Å²) in [7, 11) is 0. The second-order valence-corrected chi connectivity index (χ2v) is 15.2. The molecule has 0 saturated heterocycles. The van der Waals surface area contributed by atoms with Crippen molar-refractivity contribution in [3.05, 3.63) is 135 Å². The van der Waals surface area contributed by atoms with Gasteiger partial charge < -0.3 is 10.0 Å². The zero-order valence-corrected chi connectivity index (χ0v) is 31.7. The maximum absolute atomic E-state index is 12.2. The number of benzene rings is 5.